The molecule has 128 valence electrons. The molecule has 1 aromatic heterocycles. The van der Waals surface area contributed by atoms with Crippen molar-refractivity contribution < 1.29 is 9.32 Å². The Morgan fingerprint density at radius 2 is 2.29 bits per heavy atom. The lowest BCUT2D eigenvalue weighted by molar-refractivity contribution is -0.117. The molecule has 6 nitrogen and oxygen atoms in total. The molecule has 0 radical (unpaired) electrons. The number of rotatable bonds is 6. The van der Waals surface area contributed by atoms with Crippen molar-refractivity contribution in [1.29, 1.82) is 0 Å². The van der Waals surface area contributed by atoms with Crippen LogP contribution in [0.15, 0.2) is 22.7 Å². The van der Waals surface area contributed by atoms with E-state index in [1.165, 1.54) is 0 Å². The Bertz CT molecular complexity index is 731. The maximum absolute atomic E-state index is 11.9. The van der Waals surface area contributed by atoms with Crippen molar-refractivity contribution in [2.24, 2.45) is 0 Å². The zero-order valence-corrected chi connectivity index (χ0v) is 14.6. The van der Waals surface area contributed by atoms with Crippen LogP contribution in [0.2, 0.25) is 5.02 Å². The quantitative estimate of drug-likeness (QED) is 0.855. The topological polar surface area (TPSA) is 71.3 Å². The standard InChI is InChI=1S/C17H21ClN4O2/c1-3-5-15-20-17(24-21-15)11(2)19-12-7-8-14(13(18)10-12)22-9-4-6-16(22)23/h7-8,10-11,19H,3-6,9H2,1-2H3/t11-/m0/s1. The average molecular weight is 349 g/mol. The van der Waals surface area contributed by atoms with E-state index >= 15 is 0 Å². The van der Waals surface area contributed by atoms with Gasteiger partial charge in [0.15, 0.2) is 5.82 Å². The highest BCUT2D eigenvalue weighted by atomic mass is 35.5. The van der Waals surface area contributed by atoms with Crippen molar-refractivity contribution in [2.45, 2.75) is 45.6 Å². The van der Waals surface area contributed by atoms with Gasteiger partial charge in [-0.25, -0.2) is 0 Å². The number of benzene rings is 1. The van der Waals surface area contributed by atoms with Gasteiger partial charge in [0.2, 0.25) is 11.8 Å². The van der Waals surface area contributed by atoms with Gasteiger partial charge >= 0.3 is 0 Å². The van der Waals surface area contributed by atoms with Gasteiger partial charge in [0.05, 0.1) is 10.7 Å². The van der Waals surface area contributed by atoms with Gasteiger partial charge < -0.3 is 14.7 Å². The summed E-state index contributed by atoms with van der Waals surface area (Å²) in [6, 6.07) is 5.48. The van der Waals surface area contributed by atoms with Gasteiger partial charge in [0, 0.05) is 25.1 Å². The molecule has 1 fully saturated rings. The largest absolute Gasteiger partial charge is 0.374 e. The monoisotopic (exact) mass is 348 g/mol. The molecule has 0 saturated carbocycles. The summed E-state index contributed by atoms with van der Waals surface area (Å²) >= 11 is 6.36. The first-order chi connectivity index (χ1) is 11.6. The van der Waals surface area contributed by atoms with Crippen LogP contribution in [0.4, 0.5) is 11.4 Å². The van der Waals surface area contributed by atoms with Crippen LogP contribution >= 0.6 is 11.6 Å². The zero-order valence-electron chi connectivity index (χ0n) is 13.9. The van der Waals surface area contributed by atoms with Gasteiger partial charge in [-0.3, -0.25) is 4.79 Å². The Hall–Kier alpha value is -2.08. The molecule has 1 aliphatic heterocycles. The van der Waals surface area contributed by atoms with E-state index in [0.717, 1.165) is 43.0 Å². The second-order valence-electron chi connectivity index (χ2n) is 5.98. The SMILES string of the molecule is CCCc1noc([C@H](C)Nc2ccc(N3CCCC3=O)c(Cl)c2)n1. The molecule has 2 heterocycles. The summed E-state index contributed by atoms with van der Waals surface area (Å²) < 4.78 is 5.29. The number of hydrogen-bond donors (Lipinski definition) is 1. The van der Waals surface area contributed by atoms with Gasteiger partial charge in [0.25, 0.3) is 0 Å². The molecule has 0 unspecified atom stereocenters. The van der Waals surface area contributed by atoms with Gasteiger partial charge in [-0.05, 0) is 38.0 Å². The third-order valence-electron chi connectivity index (χ3n) is 4.02. The summed E-state index contributed by atoms with van der Waals surface area (Å²) in [5, 5.41) is 7.82. The van der Waals surface area contributed by atoms with Crippen molar-refractivity contribution in [3.63, 3.8) is 0 Å². The number of hydrogen-bond acceptors (Lipinski definition) is 5. The first-order valence-electron chi connectivity index (χ1n) is 8.27. The zero-order chi connectivity index (χ0) is 17.1. The van der Waals surface area contributed by atoms with Crippen LogP contribution in [0.5, 0.6) is 0 Å². The second kappa shape index (κ2) is 7.21. The van der Waals surface area contributed by atoms with E-state index < -0.39 is 0 Å². The Balaban J connectivity index is 1.70. The molecule has 1 aromatic carbocycles. The number of aryl methyl sites for hydroxylation is 1. The van der Waals surface area contributed by atoms with Crippen LogP contribution in [0.3, 0.4) is 0 Å². The molecule has 1 saturated heterocycles. The van der Waals surface area contributed by atoms with Gasteiger partial charge in [-0.2, -0.15) is 4.98 Å². The smallest absolute Gasteiger partial charge is 0.248 e. The predicted octanol–water partition coefficient (Wildman–Crippen LogP) is 3.98. The summed E-state index contributed by atoms with van der Waals surface area (Å²) in [6.07, 6.45) is 3.25. The second-order valence-corrected chi connectivity index (χ2v) is 6.39. The minimum Gasteiger partial charge on any atom is -0.374 e. The van der Waals surface area contributed by atoms with Crippen molar-refractivity contribution in [3.05, 3.63) is 34.9 Å². The molecule has 0 bridgehead atoms. The molecule has 2 aromatic rings. The Morgan fingerprint density at radius 3 is 2.96 bits per heavy atom. The van der Waals surface area contributed by atoms with Crippen LogP contribution in [-0.4, -0.2) is 22.6 Å². The van der Waals surface area contributed by atoms with E-state index in [9.17, 15) is 4.79 Å². The highest BCUT2D eigenvalue weighted by molar-refractivity contribution is 6.34. The third kappa shape index (κ3) is 3.53. The van der Waals surface area contributed by atoms with Crippen LogP contribution in [0, 0.1) is 0 Å². The van der Waals surface area contributed by atoms with Crippen LogP contribution < -0.4 is 10.2 Å². The van der Waals surface area contributed by atoms with E-state index in [1.54, 1.807) is 4.90 Å². The summed E-state index contributed by atoms with van der Waals surface area (Å²) in [7, 11) is 0. The van der Waals surface area contributed by atoms with E-state index in [1.807, 2.05) is 25.1 Å². The molecule has 1 amide bonds. The summed E-state index contributed by atoms with van der Waals surface area (Å²) in [5.74, 6) is 1.40. The van der Waals surface area contributed by atoms with Gasteiger partial charge in [0.1, 0.15) is 6.04 Å². The highest BCUT2D eigenvalue weighted by Gasteiger charge is 2.23. The van der Waals surface area contributed by atoms with E-state index in [4.69, 9.17) is 16.1 Å². The normalized spacial score (nSPS) is 15.8. The van der Waals surface area contributed by atoms with E-state index in [0.29, 0.717) is 17.3 Å². The molecule has 24 heavy (non-hydrogen) atoms. The molecule has 0 aliphatic carbocycles. The fraction of sp³-hybridized carbons (Fsp3) is 0.471. The number of aromatic nitrogens is 2. The number of carbonyl (C=O) groups is 1. The number of anilines is 2. The first kappa shape index (κ1) is 16.8. The summed E-state index contributed by atoms with van der Waals surface area (Å²) in [6.45, 7) is 4.76. The molecule has 3 rings (SSSR count). The van der Waals surface area contributed by atoms with Crippen LogP contribution in [-0.2, 0) is 11.2 Å². The lowest BCUT2D eigenvalue weighted by atomic mass is 10.2. The molecular formula is C17H21ClN4O2. The lowest BCUT2D eigenvalue weighted by Gasteiger charge is -2.19. The van der Waals surface area contributed by atoms with E-state index in [2.05, 4.69) is 22.4 Å². The van der Waals surface area contributed by atoms with Crippen LogP contribution in [0.1, 0.15) is 50.9 Å². The number of nitrogens with zero attached hydrogens (tertiary/aromatic N) is 3. The van der Waals surface area contributed by atoms with Crippen molar-refractivity contribution >= 4 is 28.9 Å². The molecule has 1 aliphatic rings. The van der Waals surface area contributed by atoms with Crippen molar-refractivity contribution in [2.75, 3.05) is 16.8 Å². The maximum Gasteiger partial charge on any atom is 0.248 e. The fourth-order valence-electron chi connectivity index (χ4n) is 2.80. The van der Waals surface area contributed by atoms with Gasteiger partial charge in [-0.1, -0.05) is 23.7 Å². The Kier molecular flexibility index (Phi) is 5.04. The maximum atomic E-state index is 11.9. The molecular weight excluding hydrogens is 328 g/mol. The first-order valence-corrected chi connectivity index (χ1v) is 8.65. The van der Waals surface area contributed by atoms with E-state index in [-0.39, 0.29) is 11.9 Å². The molecule has 1 N–H and O–H groups in total. The highest BCUT2D eigenvalue weighted by Crippen LogP contribution is 2.32. The minimum atomic E-state index is -0.126. The number of amides is 1. The number of nitrogens with one attached hydrogen (secondary N) is 1. The van der Waals surface area contributed by atoms with Crippen molar-refractivity contribution in [3.8, 4) is 0 Å². The Morgan fingerprint density at radius 1 is 1.46 bits per heavy atom. The molecule has 1 atom stereocenters. The average Bonchev–Trinajstić information content (AvgIpc) is 3.17. The molecule has 0 spiro atoms. The predicted molar refractivity (Wildman–Crippen MR) is 93.4 cm³/mol. The number of halogens is 1. The summed E-state index contributed by atoms with van der Waals surface area (Å²) in [4.78, 5) is 18.0. The van der Waals surface area contributed by atoms with Crippen LogP contribution in [0.25, 0.3) is 0 Å². The lowest BCUT2D eigenvalue weighted by Crippen LogP contribution is -2.24. The van der Waals surface area contributed by atoms with Crippen molar-refractivity contribution in [1.82, 2.24) is 10.1 Å². The Labute approximate surface area is 146 Å². The fourth-order valence-corrected chi connectivity index (χ4v) is 3.08. The third-order valence-corrected chi connectivity index (χ3v) is 4.33. The number of carbonyl (C=O) groups excluding carboxylic acids is 1. The molecule has 7 heteroatoms. The van der Waals surface area contributed by atoms with Gasteiger partial charge in [-0.15, -0.1) is 0 Å². The summed E-state index contributed by atoms with van der Waals surface area (Å²) in [5.41, 5.74) is 1.61. The minimum absolute atomic E-state index is 0.125.